The minimum absolute atomic E-state index is 0.119. The van der Waals surface area contributed by atoms with Gasteiger partial charge in [0.2, 0.25) is 0 Å². The van der Waals surface area contributed by atoms with Crippen LogP contribution in [-0.2, 0) is 20.8 Å². The monoisotopic (exact) mass is 386 g/mol. The zero-order valence-electron chi connectivity index (χ0n) is 14.8. The molecule has 2 rings (SSSR count). The van der Waals surface area contributed by atoms with Crippen LogP contribution in [0, 0.1) is 17.6 Å². The van der Waals surface area contributed by atoms with E-state index in [1.165, 1.54) is 11.0 Å². The number of rotatable bonds is 4. The molecule has 5 nitrogen and oxygen atoms in total. The van der Waals surface area contributed by atoms with Gasteiger partial charge in [-0.2, -0.15) is 0 Å². The molecule has 0 aliphatic carbocycles. The number of carbonyl (C=O) groups excluding carboxylic acids is 3. The van der Waals surface area contributed by atoms with Gasteiger partial charge in [0.15, 0.2) is 11.6 Å². The van der Waals surface area contributed by atoms with Crippen molar-refractivity contribution in [3.63, 3.8) is 0 Å². The first-order chi connectivity index (χ1) is 12.1. The Labute approximate surface area is 155 Å². The highest BCUT2D eigenvalue weighted by atomic mass is 35.5. The SMILES string of the molecule is CC(C)NC(=O)C(=O)N1CCC(C(=O)Cc2cc(F)c(F)c(Cl)c2)[C@@H]1C. The second-order valence-corrected chi connectivity index (χ2v) is 7.19. The van der Waals surface area contributed by atoms with Crippen LogP contribution in [0.2, 0.25) is 5.02 Å². The molecule has 1 saturated heterocycles. The van der Waals surface area contributed by atoms with Crippen LogP contribution in [0.5, 0.6) is 0 Å². The average molecular weight is 387 g/mol. The summed E-state index contributed by atoms with van der Waals surface area (Å²) in [7, 11) is 0. The maximum Gasteiger partial charge on any atom is 0.312 e. The number of hydrogen-bond donors (Lipinski definition) is 1. The van der Waals surface area contributed by atoms with E-state index in [1.54, 1.807) is 20.8 Å². The Kier molecular flexibility index (Phi) is 6.34. The first kappa shape index (κ1) is 20.3. The number of amides is 2. The first-order valence-corrected chi connectivity index (χ1v) is 8.77. The molecule has 26 heavy (non-hydrogen) atoms. The Morgan fingerprint density at radius 1 is 1.31 bits per heavy atom. The molecule has 1 aliphatic rings. The van der Waals surface area contributed by atoms with Crippen molar-refractivity contribution in [3.05, 3.63) is 34.4 Å². The topological polar surface area (TPSA) is 66.5 Å². The first-order valence-electron chi connectivity index (χ1n) is 8.39. The highest BCUT2D eigenvalue weighted by molar-refractivity contribution is 6.35. The van der Waals surface area contributed by atoms with Crippen LogP contribution in [0.25, 0.3) is 0 Å². The number of halogens is 3. The number of ketones is 1. The number of Topliss-reactive ketones (excluding diaryl/α,β-unsaturated/α-hetero) is 1. The molecule has 1 N–H and O–H groups in total. The van der Waals surface area contributed by atoms with E-state index in [4.69, 9.17) is 11.6 Å². The molecule has 1 aliphatic heterocycles. The lowest BCUT2D eigenvalue weighted by Crippen LogP contribution is -2.47. The minimum atomic E-state index is -1.15. The molecule has 1 aromatic carbocycles. The quantitative estimate of drug-likeness (QED) is 0.638. The Morgan fingerprint density at radius 2 is 1.96 bits per heavy atom. The number of nitrogens with zero attached hydrogens (tertiary/aromatic N) is 1. The van der Waals surface area contributed by atoms with Crippen LogP contribution >= 0.6 is 11.6 Å². The lowest BCUT2D eigenvalue weighted by molar-refractivity contribution is -0.147. The van der Waals surface area contributed by atoms with Crippen molar-refractivity contribution >= 4 is 29.2 Å². The van der Waals surface area contributed by atoms with Gasteiger partial charge in [0.1, 0.15) is 5.78 Å². The smallest absolute Gasteiger partial charge is 0.312 e. The van der Waals surface area contributed by atoms with Crippen LogP contribution in [-0.4, -0.2) is 41.1 Å². The third-order valence-corrected chi connectivity index (χ3v) is 4.74. The van der Waals surface area contributed by atoms with Gasteiger partial charge in [-0.15, -0.1) is 0 Å². The Bertz CT molecular complexity index is 716. The number of nitrogens with one attached hydrogen (secondary N) is 1. The molecule has 1 fully saturated rings. The van der Waals surface area contributed by atoms with E-state index in [0.717, 1.165) is 6.07 Å². The highest BCUT2D eigenvalue weighted by Crippen LogP contribution is 2.27. The molecule has 0 bridgehead atoms. The molecule has 142 valence electrons. The van der Waals surface area contributed by atoms with Crippen LogP contribution in [0.1, 0.15) is 32.8 Å². The van der Waals surface area contributed by atoms with Crippen molar-refractivity contribution in [2.75, 3.05) is 6.54 Å². The maximum absolute atomic E-state index is 13.4. The van der Waals surface area contributed by atoms with Gasteiger partial charge in [-0.1, -0.05) is 11.6 Å². The fourth-order valence-corrected chi connectivity index (χ4v) is 3.38. The predicted octanol–water partition coefficient (Wildman–Crippen LogP) is 2.49. The summed E-state index contributed by atoms with van der Waals surface area (Å²) >= 11 is 5.61. The Hall–Kier alpha value is -2.02. The molecular weight excluding hydrogens is 366 g/mol. The molecular formula is C18H21ClF2N2O3. The van der Waals surface area contributed by atoms with Gasteiger partial charge in [-0.05, 0) is 44.9 Å². The van der Waals surface area contributed by atoms with E-state index >= 15 is 0 Å². The van der Waals surface area contributed by atoms with E-state index in [2.05, 4.69) is 5.32 Å². The van der Waals surface area contributed by atoms with Gasteiger partial charge < -0.3 is 10.2 Å². The van der Waals surface area contributed by atoms with Gasteiger partial charge in [0.05, 0.1) is 5.02 Å². The summed E-state index contributed by atoms with van der Waals surface area (Å²) in [5, 5.41) is 2.15. The van der Waals surface area contributed by atoms with E-state index in [1.807, 2.05) is 0 Å². The zero-order valence-corrected chi connectivity index (χ0v) is 15.6. The van der Waals surface area contributed by atoms with Crippen molar-refractivity contribution in [3.8, 4) is 0 Å². The minimum Gasteiger partial charge on any atom is -0.346 e. The third kappa shape index (κ3) is 4.38. The molecule has 2 atom stereocenters. The molecule has 8 heteroatoms. The molecule has 0 aromatic heterocycles. The van der Waals surface area contributed by atoms with Crippen LogP contribution < -0.4 is 5.32 Å². The summed E-state index contributed by atoms with van der Waals surface area (Å²) in [5.41, 5.74) is 0.272. The number of carbonyl (C=O) groups is 3. The largest absolute Gasteiger partial charge is 0.346 e. The summed E-state index contributed by atoms with van der Waals surface area (Å²) in [6.07, 6.45) is 0.296. The standard InChI is InChI=1S/C18H21ClF2N2O3/c1-9(2)22-17(25)18(26)23-5-4-12(10(23)3)15(24)8-11-6-13(19)16(21)14(20)7-11/h6-7,9-10,12H,4-5,8H2,1-3H3,(H,22,25)/t10-,12?/m0/s1. The predicted molar refractivity (Wildman–Crippen MR) is 92.6 cm³/mol. The van der Waals surface area contributed by atoms with E-state index in [0.29, 0.717) is 13.0 Å². The normalized spacial score (nSPS) is 19.7. The lowest BCUT2D eigenvalue weighted by Gasteiger charge is -2.24. The van der Waals surface area contributed by atoms with E-state index in [-0.39, 0.29) is 28.8 Å². The summed E-state index contributed by atoms with van der Waals surface area (Å²) < 4.78 is 26.7. The average Bonchev–Trinajstić information content (AvgIpc) is 2.92. The molecule has 1 unspecified atom stereocenters. The number of benzene rings is 1. The second kappa shape index (κ2) is 8.12. The maximum atomic E-state index is 13.4. The zero-order chi connectivity index (χ0) is 19.6. The van der Waals surface area contributed by atoms with Crippen LogP contribution in [0.4, 0.5) is 8.78 Å². The van der Waals surface area contributed by atoms with E-state index < -0.39 is 35.4 Å². The van der Waals surface area contributed by atoms with Crippen molar-refractivity contribution in [1.82, 2.24) is 10.2 Å². The van der Waals surface area contributed by atoms with Crippen LogP contribution in [0.3, 0.4) is 0 Å². The number of likely N-dealkylation sites (tertiary alicyclic amines) is 1. The number of hydrogen-bond acceptors (Lipinski definition) is 3. The lowest BCUT2D eigenvalue weighted by atomic mass is 9.92. The molecule has 0 saturated carbocycles. The highest BCUT2D eigenvalue weighted by Gasteiger charge is 2.39. The summed E-state index contributed by atoms with van der Waals surface area (Å²) in [4.78, 5) is 38.0. The van der Waals surface area contributed by atoms with Gasteiger partial charge in [0, 0.05) is 31.0 Å². The van der Waals surface area contributed by atoms with Gasteiger partial charge in [-0.25, -0.2) is 8.78 Å². The summed E-state index contributed by atoms with van der Waals surface area (Å²) in [6, 6.07) is 1.54. The Balaban J connectivity index is 2.05. The van der Waals surface area contributed by atoms with Crippen molar-refractivity contribution in [1.29, 1.82) is 0 Å². The third-order valence-electron chi connectivity index (χ3n) is 4.47. The van der Waals surface area contributed by atoms with Crippen molar-refractivity contribution < 1.29 is 23.2 Å². The van der Waals surface area contributed by atoms with Gasteiger partial charge in [-0.3, -0.25) is 14.4 Å². The van der Waals surface area contributed by atoms with E-state index in [9.17, 15) is 23.2 Å². The van der Waals surface area contributed by atoms with Crippen molar-refractivity contribution in [2.45, 2.75) is 45.7 Å². The van der Waals surface area contributed by atoms with Gasteiger partial charge in [0.25, 0.3) is 0 Å². The molecule has 0 spiro atoms. The molecule has 1 aromatic rings. The van der Waals surface area contributed by atoms with Gasteiger partial charge >= 0.3 is 11.8 Å². The van der Waals surface area contributed by atoms with Crippen LogP contribution in [0.15, 0.2) is 12.1 Å². The summed E-state index contributed by atoms with van der Waals surface area (Å²) in [5.74, 6) is -4.31. The fourth-order valence-electron chi connectivity index (χ4n) is 3.15. The molecule has 0 radical (unpaired) electrons. The fraction of sp³-hybridized carbons (Fsp3) is 0.500. The Morgan fingerprint density at radius 3 is 2.54 bits per heavy atom. The van der Waals surface area contributed by atoms with Crippen molar-refractivity contribution in [2.24, 2.45) is 5.92 Å². The molecule has 1 heterocycles. The second-order valence-electron chi connectivity index (χ2n) is 6.78. The molecule has 2 amide bonds. The summed E-state index contributed by atoms with van der Waals surface area (Å²) in [6.45, 7) is 5.49.